The van der Waals surface area contributed by atoms with Gasteiger partial charge in [-0.3, -0.25) is 4.79 Å². The van der Waals surface area contributed by atoms with Crippen LogP contribution in [0.25, 0.3) is 11.1 Å². The smallest absolute Gasteiger partial charge is 0.416 e. The first-order valence-electron chi connectivity index (χ1n) is 12.3. The molecule has 2 aromatic carbocycles. The number of esters is 1. The van der Waals surface area contributed by atoms with Crippen molar-refractivity contribution in [1.82, 2.24) is 4.90 Å². The zero-order valence-corrected chi connectivity index (χ0v) is 21.0. The van der Waals surface area contributed by atoms with Crippen molar-refractivity contribution in [1.29, 1.82) is 0 Å². The average molecular weight is 478 g/mol. The minimum absolute atomic E-state index is 0.0620. The fourth-order valence-electron chi connectivity index (χ4n) is 4.34. The lowest BCUT2D eigenvalue weighted by molar-refractivity contribution is -0.137. The van der Waals surface area contributed by atoms with Gasteiger partial charge in [-0.05, 0) is 41.9 Å². The number of benzene rings is 2. The zero-order valence-electron chi connectivity index (χ0n) is 21.0. The third kappa shape index (κ3) is 6.59. The Morgan fingerprint density at radius 1 is 1.09 bits per heavy atom. The molecule has 1 saturated heterocycles. The molecular formula is C29H35NO5. The molecule has 0 spiro atoms. The number of hydrogen-bond acceptors (Lipinski definition) is 5. The second kappa shape index (κ2) is 12.3. The molecule has 1 aliphatic heterocycles. The molecule has 6 nitrogen and oxygen atoms in total. The summed E-state index contributed by atoms with van der Waals surface area (Å²) in [5.41, 5.74) is 3.61. The molecule has 0 aromatic heterocycles. The van der Waals surface area contributed by atoms with E-state index in [0.29, 0.717) is 18.4 Å². The zero-order chi connectivity index (χ0) is 25.4. The lowest BCUT2D eigenvalue weighted by Crippen LogP contribution is -2.45. The number of ether oxygens (including phenoxy) is 2. The van der Waals surface area contributed by atoms with Gasteiger partial charge in [0.25, 0.3) is 0 Å². The Morgan fingerprint density at radius 2 is 1.74 bits per heavy atom. The summed E-state index contributed by atoms with van der Waals surface area (Å²) in [5.74, 6) is -1.30. The lowest BCUT2D eigenvalue weighted by Gasteiger charge is -2.27. The Hall–Kier alpha value is -3.41. The first kappa shape index (κ1) is 26.2. The molecule has 1 heterocycles. The summed E-state index contributed by atoms with van der Waals surface area (Å²) in [5, 5.41) is 0. The van der Waals surface area contributed by atoms with E-state index in [1.54, 1.807) is 0 Å². The number of unbranched alkanes of at least 4 members (excludes halogenated alkanes) is 1. The Morgan fingerprint density at radius 3 is 2.34 bits per heavy atom. The van der Waals surface area contributed by atoms with Crippen LogP contribution in [-0.2, 0) is 25.5 Å². The number of carbonyl (C=O) groups is 3. The van der Waals surface area contributed by atoms with Crippen LogP contribution in [-0.4, -0.2) is 42.6 Å². The van der Waals surface area contributed by atoms with Crippen molar-refractivity contribution < 1.29 is 23.9 Å². The van der Waals surface area contributed by atoms with Gasteiger partial charge in [0.05, 0.1) is 13.2 Å². The molecule has 2 atom stereocenters. The first-order chi connectivity index (χ1) is 16.8. The van der Waals surface area contributed by atoms with Gasteiger partial charge in [0, 0.05) is 11.5 Å². The van der Waals surface area contributed by atoms with Crippen LogP contribution < -0.4 is 0 Å². The van der Waals surface area contributed by atoms with E-state index in [9.17, 15) is 14.4 Å². The van der Waals surface area contributed by atoms with Crippen molar-refractivity contribution in [3.63, 3.8) is 0 Å². The summed E-state index contributed by atoms with van der Waals surface area (Å²) in [4.78, 5) is 40.0. The quantitative estimate of drug-likeness (QED) is 0.319. The van der Waals surface area contributed by atoms with Crippen molar-refractivity contribution in [2.24, 2.45) is 11.8 Å². The highest BCUT2D eigenvalue weighted by atomic mass is 16.6. The van der Waals surface area contributed by atoms with Crippen molar-refractivity contribution in [3.05, 3.63) is 71.8 Å². The Bertz CT molecular complexity index is 1040. The molecule has 6 heteroatoms. The van der Waals surface area contributed by atoms with Gasteiger partial charge in [-0.2, -0.15) is 0 Å². The third-order valence-corrected chi connectivity index (χ3v) is 6.40. The number of cyclic esters (lactones) is 1. The summed E-state index contributed by atoms with van der Waals surface area (Å²) in [7, 11) is 1.34. The summed E-state index contributed by atoms with van der Waals surface area (Å²) >= 11 is 0. The van der Waals surface area contributed by atoms with Crippen molar-refractivity contribution >= 4 is 18.0 Å². The van der Waals surface area contributed by atoms with Crippen molar-refractivity contribution in [2.45, 2.75) is 52.5 Å². The molecule has 0 unspecified atom stereocenters. The van der Waals surface area contributed by atoms with Gasteiger partial charge in [-0.15, -0.1) is 0 Å². The average Bonchev–Trinajstić information content (AvgIpc) is 3.27. The van der Waals surface area contributed by atoms with E-state index in [1.807, 2.05) is 81.4 Å². The van der Waals surface area contributed by atoms with Crippen LogP contribution in [0.3, 0.4) is 0 Å². The highest BCUT2D eigenvalue weighted by Crippen LogP contribution is 2.28. The van der Waals surface area contributed by atoms with Crippen LogP contribution in [0.5, 0.6) is 0 Å². The van der Waals surface area contributed by atoms with Gasteiger partial charge in [0.2, 0.25) is 5.91 Å². The van der Waals surface area contributed by atoms with Crippen LogP contribution in [0.15, 0.2) is 66.2 Å². The Kier molecular flexibility index (Phi) is 9.24. The molecule has 186 valence electrons. The van der Waals surface area contributed by atoms with E-state index >= 15 is 0 Å². The number of imide groups is 1. The minimum atomic E-state index is -0.615. The largest absolute Gasteiger partial charge is 0.466 e. The maximum Gasteiger partial charge on any atom is 0.416 e. The molecule has 2 aromatic rings. The normalized spacial score (nSPS) is 16.8. The molecule has 1 aliphatic rings. The predicted molar refractivity (Wildman–Crippen MR) is 136 cm³/mol. The molecule has 0 saturated carbocycles. The first-order valence-corrected chi connectivity index (χ1v) is 12.3. The van der Waals surface area contributed by atoms with Gasteiger partial charge in [-0.25, -0.2) is 14.5 Å². The monoisotopic (exact) mass is 477 g/mol. The van der Waals surface area contributed by atoms with Gasteiger partial charge < -0.3 is 9.47 Å². The van der Waals surface area contributed by atoms with E-state index in [2.05, 4.69) is 0 Å². The summed E-state index contributed by atoms with van der Waals surface area (Å²) < 4.78 is 10.2. The van der Waals surface area contributed by atoms with E-state index in [-0.39, 0.29) is 30.9 Å². The topological polar surface area (TPSA) is 72.9 Å². The lowest BCUT2D eigenvalue weighted by atomic mass is 9.89. The van der Waals surface area contributed by atoms with Crippen LogP contribution in [0, 0.1) is 11.8 Å². The van der Waals surface area contributed by atoms with E-state index in [0.717, 1.165) is 23.1 Å². The standard InChI is InChI=1S/C29H35NO5/c1-5-6-10-24(28(32)34-4)18-25(27(31)30-26(20(2)3)19-35-29(30)33)17-21-13-15-23(16-14-21)22-11-8-7-9-12-22/h7-16,20,25-26H,5-6,17-19H2,1-4H3/t25-,26-/m1/s1. The fourth-order valence-corrected chi connectivity index (χ4v) is 4.34. The van der Waals surface area contributed by atoms with E-state index in [1.165, 1.54) is 12.0 Å². The fraction of sp³-hybridized carbons (Fsp3) is 0.414. The van der Waals surface area contributed by atoms with Crippen molar-refractivity contribution in [2.75, 3.05) is 13.7 Å². The molecule has 0 radical (unpaired) electrons. The number of carbonyl (C=O) groups excluding carboxylic acids is 3. The molecular weight excluding hydrogens is 442 g/mol. The number of amides is 2. The summed E-state index contributed by atoms with van der Waals surface area (Å²) in [6.07, 6.45) is 3.39. The Labute approximate surface area is 207 Å². The van der Waals surface area contributed by atoms with Crippen LogP contribution in [0.2, 0.25) is 0 Å². The molecule has 2 amide bonds. The van der Waals surface area contributed by atoms with Gasteiger partial charge in [0.1, 0.15) is 6.61 Å². The molecule has 0 N–H and O–H groups in total. The molecule has 0 aliphatic carbocycles. The maximum atomic E-state index is 13.7. The Balaban J connectivity index is 1.90. The second-order valence-electron chi connectivity index (χ2n) is 9.27. The van der Waals surface area contributed by atoms with E-state index in [4.69, 9.17) is 9.47 Å². The minimum Gasteiger partial charge on any atom is -0.466 e. The maximum absolute atomic E-state index is 13.7. The van der Waals surface area contributed by atoms with Crippen LogP contribution >= 0.6 is 0 Å². The van der Waals surface area contributed by atoms with Crippen molar-refractivity contribution in [3.8, 4) is 11.1 Å². The van der Waals surface area contributed by atoms with Crippen LogP contribution in [0.1, 0.15) is 45.6 Å². The van der Waals surface area contributed by atoms with E-state index < -0.39 is 18.0 Å². The molecule has 35 heavy (non-hydrogen) atoms. The highest BCUT2D eigenvalue weighted by molar-refractivity contribution is 5.96. The van der Waals surface area contributed by atoms with Gasteiger partial charge in [0.15, 0.2) is 0 Å². The van der Waals surface area contributed by atoms with Gasteiger partial charge >= 0.3 is 12.1 Å². The second-order valence-corrected chi connectivity index (χ2v) is 9.27. The molecule has 0 bridgehead atoms. The number of nitrogens with zero attached hydrogens (tertiary/aromatic N) is 1. The molecule has 1 fully saturated rings. The third-order valence-electron chi connectivity index (χ3n) is 6.40. The summed E-state index contributed by atoms with van der Waals surface area (Å²) in [6.45, 7) is 6.14. The number of rotatable bonds is 10. The summed E-state index contributed by atoms with van der Waals surface area (Å²) in [6, 6.07) is 17.8. The number of methoxy groups -OCH3 is 1. The highest BCUT2D eigenvalue weighted by Gasteiger charge is 2.42. The number of hydrogen-bond donors (Lipinski definition) is 0. The number of allylic oxidation sites excluding steroid dienone is 1. The SMILES string of the molecule is CCCC=C(C[C@@H](Cc1ccc(-c2ccccc2)cc1)C(=O)N1C(=O)OC[C@@H]1C(C)C)C(=O)OC. The van der Waals surface area contributed by atoms with Gasteiger partial charge in [-0.1, -0.05) is 87.9 Å². The molecule has 3 rings (SSSR count). The van der Waals surface area contributed by atoms with Crippen LogP contribution in [0.4, 0.5) is 4.79 Å². The predicted octanol–water partition coefficient (Wildman–Crippen LogP) is 5.81.